The van der Waals surface area contributed by atoms with Gasteiger partial charge in [-0.05, 0) is 42.7 Å². The van der Waals surface area contributed by atoms with Crippen LogP contribution in [0.4, 0.5) is 5.69 Å². The molecule has 2 amide bonds. The highest BCUT2D eigenvalue weighted by molar-refractivity contribution is 6.33. The molecule has 9 nitrogen and oxygen atoms in total. The van der Waals surface area contributed by atoms with E-state index in [0.717, 1.165) is 5.56 Å². The number of amides is 2. The molecule has 0 radical (unpaired) electrons. The summed E-state index contributed by atoms with van der Waals surface area (Å²) in [4.78, 5) is 35.8. The highest BCUT2D eigenvalue weighted by Crippen LogP contribution is 2.28. The molecule has 0 fully saturated rings. The molecule has 0 saturated heterocycles. The second-order valence-corrected chi connectivity index (χ2v) is 8.27. The van der Waals surface area contributed by atoms with Crippen molar-refractivity contribution < 1.29 is 18.9 Å². The Balaban J connectivity index is 1.67. The van der Waals surface area contributed by atoms with Crippen LogP contribution in [0.15, 0.2) is 64.1 Å². The van der Waals surface area contributed by atoms with Crippen LogP contribution in [0.3, 0.4) is 0 Å². The maximum Gasteiger partial charge on any atom is 0.270 e. The molecule has 10 heteroatoms. The van der Waals surface area contributed by atoms with Crippen molar-refractivity contribution in [2.75, 3.05) is 0 Å². The van der Waals surface area contributed by atoms with E-state index < -0.39 is 22.8 Å². The van der Waals surface area contributed by atoms with Gasteiger partial charge in [0.15, 0.2) is 0 Å². The second-order valence-electron chi connectivity index (χ2n) is 7.87. The number of rotatable bonds is 8. The molecule has 0 saturated carbocycles. The van der Waals surface area contributed by atoms with E-state index in [9.17, 15) is 19.7 Å². The molecule has 0 aliphatic carbocycles. The van der Waals surface area contributed by atoms with E-state index in [2.05, 4.69) is 15.8 Å². The number of furan rings is 1. The highest BCUT2D eigenvalue weighted by atomic mass is 35.5. The first-order valence-electron chi connectivity index (χ1n) is 10.4. The SMILES string of the molecule is Cc1ccc([N+](=O)[O-])cc1-c1ccc(/C=N/NC(=O)C(NC(=O)c2ccccc2Cl)C(C)C)o1. The first kappa shape index (κ1) is 24.7. The third-order valence-electron chi connectivity index (χ3n) is 5.04. The number of non-ortho nitro benzene ring substituents is 1. The topological polar surface area (TPSA) is 127 Å². The standard InChI is InChI=1S/C24H23ClN4O5/c1-14(2)22(27-23(30)18-6-4-5-7-20(18)25)24(31)28-26-13-17-10-11-21(34-17)19-12-16(29(32)33)9-8-15(19)3/h4-14,22H,1-3H3,(H,27,30)(H,28,31)/b26-13+. The van der Waals surface area contributed by atoms with Gasteiger partial charge in [-0.2, -0.15) is 5.10 Å². The molecule has 1 heterocycles. The number of carbonyl (C=O) groups excluding carboxylic acids is 2. The van der Waals surface area contributed by atoms with Crippen LogP contribution >= 0.6 is 11.6 Å². The fourth-order valence-electron chi connectivity index (χ4n) is 3.18. The third-order valence-corrected chi connectivity index (χ3v) is 5.37. The summed E-state index contributed by atoms with van der Waals surface area (Å²) >= 11 is 6.06. The first-order valence-corrected chi connectivity index (χ1v) is 10.8. The molecular formula is C24H23ClN4O5. The molecule has 2 aromatic carbocycles. The van der Waals surface area contributed by atoms with E-state index in [1.807, 2.05) is 6.92 Å². The molecule has 1 unspecified atom stereocenters. The van der Waals surface area contributed by atoms with Gasteiger partial charge in [0.05, 0.1) is 21.7 Å². The van der Waals surface area contributed by atoms with Gasteiger partial charge in [-0.1, -0.05) is 43.6 Å². The summed E-state index contributed by atoms with van der Waals surface area (Å²) in [7, 11) is 0. The Hall–Kier alpha value is -3.98. The quantitative estimate of drug-likeness (QED) is 0.273. The maximum atomic E-state index is 12.6. The van der Waals surface area contributed by atoms with E-state index in [0.29, 0.717) is 17.1 Å². The van der Waals surface area contributed by atoms with Crippen LogP contribution in [0, 0.1) is 23.0 Å². The summed E-state index contributed by atoms with van der Waals surface area (Å²) in [5.74, 6) is -0.420. The Morgan fingerprint density at radius 3 is 2.56 bits per heavy atom. The summed E-state index contributed by atoms with van der Waals surface area (Å²) < 4.78 is 5.70. The minimum atomic E-state index is -0.847. The Bertz CT molecular complexity index is 1250. The molecule has 0 spiro atoms. The minimum Gasteiger partial charge on any atom is -0.455 e. The van der Waals surface area contributed by atoms with Crippen LogP contribution in [0.2, 0.25) is 5.02 Å². The average molecular weight is 483 g/mol. The van der Waals surface area contributed by atoms with Gasteiger partial charge in [0, 0.05) is 17.7 Å². The van der Waals surface area contributed by atoms with Crippen molar-refractivity contribution in [1.29, 1.82) is 0 Å². The lowest BCUT2D eigenvalue weighted by atomic mass is 10.0. The van der Waals surface area contributed by atoms with Crippen LogP contribution in [-0.2, 0) is 4.79 Å². The van der Waals surface area contributed by atoms with E-state index in [1.54, 1.807) is 56.3 Å². The van der Waals surface area contributed by atoms with Crippen molar-refractivity contribution >= 4 is 35.3 Å². The van der Waals surface area contributed by atoms with Gasteiger partial charge >= 0.3 is 0 Å². The monoisotopic (exact) mass is 482 g/mol. The molecule has 34 heavy (non-hydrogen) atoms. The van der Waals surface area contributed by atoms with Crippen LogP contribution in [0.1, 0.15) is 35.5 Å². The highest BCUT2D eigenvalue weighted by Gasteiger charge is 2.25. The minimum absolute atomic E-state index is 0.0435. The van der Waals surface area contributed by atoms with Crippen LogP contribution in [-0.4, -0.2) is 29.0 Å². The normalized spacial score (nSPS) is 12.0. The summed E-state index contributed by atoms with van der Waals surface area (Å²) in [5, 5.41) is 17.9. The number of aryl methyl sites for hydroxylation is 1. The molecular weight excluding hydrogens is 460 g/mol. The largest absolute Gasteiger partial charge is 0.455 e. The molecule has 0 aliphatic heterocycles. The van der Waals surface area contributed by atoms with E-state index >= 15 is 0 Å². The summed E-state index contributed by atoms with van der Waals surface area (Å²) in [5.41, 5.74) is 4.02. The van der Waals surface area contributed by atoms with Crippen molar-refractivity contribution in [2.45, 2.75) is 26.8 Å². The lowest BCUT2D eigenvalue weighted by Crippen LogP contribution is -2.48. The van der Waals surface area contributed by atoms with Gasteiger partial charge in [0.25, 0.3) is 17.5 Å². The third kappa shape index (κ3) is 5.87. The van der Waals surface area contributed by atoms with Gasteiger partial charge in [-0.3, -0.25) is 19.7 Å². The zero-order valence-electron chi connectivity index (χ0n) is 18.7. The van der Waals surface area contributed by atoms with Crippen molar-refractivity contribution in [1.82, 2.24) is 10.7 Å². The number of hydrazone groups is 1. The lowest BCUT2D eigenvalue weighted by molar-refractivity contribution is -0.384. The van der Waals surface area contributed by atoms with Crippen LogP contribution in [0.25, 0.3) is 11.3 Å². The van der Waals surface area contributed by atoms with Gasteiger partial charge in [0.2, 0.25) is 0 Å². The van der Waals surface area contributed by atoms with Gasteiger partial charge in [-0.15, -0.1) is 0 Å². The van der Waals surface area contributed by atoms with E-state index in [-0.39, 0.29) is 22.2 Å². The number of hydrogen-bond acceptors (Lipinski definition) is 6. The number of carbonyl (C=O) groups is 2. The zero-order chi connectivity index (χ0) is 24.8. The number of nitrogens with one attached hydrogen (secondary N) is 2. The molecule has 3 aromatic rings. The lowest BCUT2D eigenvalue weighted by Gasteiger charge is -2.20. The number of nitro groups is 1. The number of hydrogen-bond donors (Lipinski definition) is 2. The Labute approximate surface area is 201 Å². The zero-order valence-corrected chi connectivity index (χ0v) is 19.5. The Morgan fingerprint density at radius 2 is 1.88 bits per heavy atom. The second kappa shape index (κ2) is 10.8. The smallest absolute Gasteiger partial charge is 0.270 e. The fraction of sp³-hybridized carbons (Fsp3) is 0.208. The van der Waals surface area contributed by atoms with Gasteiger partial charge in [-0.25, -0.2) is 5.43 Å². The van der Waals surface area contributed by atoms with Crippen molar-refractivity contribution in [3.05, 3.63) is 86.6 Å². The first-order chi connectivity index (χ1) is 16.2. The maximum absolute atomic E-state index is 12.6. The molecule has 1 atom stereocenters. The van der Waals surface area contributed by atoms with Crippen molar-refractivity contribution in [3.63, 3.8) is 0 Å². The van der Waals surface area contributed by atoms with Crippen LogP contribution < -0.4 is 10.7 Å². The van der Waals surface area contributed by atoms with E-state index in [1.165, 1.54) is 18.3 Å². The Kier molecular flexibility index (Phi) is 7.80. The summed E-state index contributed by atoms with van der Waals surface area (Å²) in [6.07, 6.45) is 1.31. The van der Waals surface area contributed by atoms with Crippen molar-refractivity contribution in [2.24, 2.45) is 11.0 Å². The van der Waals surface area contributed by atoms with Crippen LogP contribution in [0.5, 0.6) is 0 Å². The molecule has 2 N–H and O–H groups in total. The predicted molar refractivity (Wildman–Crippen MR) is 129 cm³/mol. The molecule has 0 bridgehead atoms. The van der Waals surface area contributed by atoms with Crippen molar-refractivity contribution in [3.8, 4) is 11.3 Å². The number of nitrogens with zero attached hydrogens (tertiary/aromatic N) is 2. The number of halogens is 1. The molecule has 3 rings (SSSR count). The summed E-state index contributed by atoms with van der Waals surface area (Å²) in [6, 6.07) is 13.5. The molecule has 176 valence electrons. The van der Waals surface area contributed by atoms with Gasteiger partial charge in [0.1, 0.15) is 17.6 Å². The average Bonchev–Trinajstić information content (AvgIpc) is 3.26. The fourth-order valence-corrected chi connectivity index (χ4v) is 3.41. The molecule has 0 aliphatic rings. The van der Waals surface area contributed by atoms with E-state index in [4.69, 9.17) is 16.0 Å². The molecule has 1 aromatic heterocycles. The number of benzene rings is 2. The Morgan fingerprint density at radius 1 is 1.15 bits per heavy atom. The summed E-state index contributed by atoms with van der Waals surface area (Å²) in [6.45, 7) is 5.40. The van der Waals surface area contributed by atoms with Gasteiger partial charge < -0.3 is 9.73 Å². The predicted octanol–water partition coefficient (Wildman–Crippen LogP) is 4.72. The number of nitro benzene ring substituents is 1.